The minimum absolute atomic E-state index is 0.0305. The number of carbonyl (C=O) groups excluding carboxylic acids is 2. The molecule has 2 amide bonds. The maximum Gasteiger partial charge on any atom is 0.255 e. The van der Waals surface area contributed by atoms with Crippen LogP contribution in [0.1, 0.15) is 89.7 Å². The lowest BCUT2D eigenvalue weighted by Crippen LogP contribution is -2.31. The maximum atomic E-state index is 13.3. The van der Waals surface area contributed by atoms with Crippen LogP contribution in [-0.2, 0) is 19.4 Å². The largest absolute Gasteiger partial charge is 0.396 e. The first-order valence-electron chi connectivity index (χ1n) is 13.7. The standard InChI is InChI=1S/C31H36N4O3/c1-5-31(17-36)15-26(31)32-28(37)20-8-6-19(7-9-20)18(2)35-16-22-12-21(10-11-23(22)29(35)38)27-24-13-30(3,4)14-25(24)33-34-27/h6-12,18,26,36H,5,13-17H2,1-4H3,(H,32,37)(H,33,34)/t18-,26?,31?/m1/s1. The summed E-state index contributed by atoms with van der Waals surface area (Å²) in [5.41, 5.74) is 8.01. The van der Waals surface area contributed by atoms with E-state index in [-0.39, 0.29) is 41.3 Å². The Kier molecular flexibility index (Phi) is 5.76. The lowest BCUT2D eigenvalue weighted by molar-refractivity contribution is 0.0715. The molecule has 6 rings (SSSR count). The number of hydrogen-bond acceptors (Lipinski definition) is 4. The molecule has 2 unspecified atom stereocenters. The number of hydrogen-bond donors (Lipinski definition) is 3. The second-order valence-corrected chi connectivity index (χ2v) is 12.3. The van der Waals surface area contributed by atoms with E-state index in [1.807, 2.05) is 55.1 Å². The molecule has 0 saturated heterocycles. The van der Waals surface area contributed by atoms with E-state index in [0.717, 1.165) is 53.6 Å². The lowest BCUT2D eigenvalue weighted by atomic mass is 9.90. The van der Waals surface area contributed by atoms with E-state index >= 15 is 0 Å². The summed E-state index contributed by atoms with van der Waals surface area (Å²) in [5, 5.41) is 20.5. The fraction of sp³-hybridized carbons (Fsp3) is 0.452. The molecule has 7 nitrogen and oxygen atoms in total. The fourth-order valence-corrected chi connectivity index (χ4v) is 6.36. The van der Waals surface area contributed by atoms with Gasteiger partial charge in [-0.15, -0.1) is 0 Å². The number of rotatable bonds is 7. The van der Waals surface area contributed by atoms with Gasteiger partial charge >= 0.3 is 0 Å². The van der Waals surface area contributed by atoms with Crippen LogP contribution in [0.3, 0.4) is 0 Å². The molecule has 3 aliphatic rings. The molecule has 2 aliphatic carbocycles. The highest BCUT2D eigenvalue weighted by Gasteiger charge is 2.53. The highest BCUT2D eigenvalue weighted by Crippen LogP contribution is 2.48. The first kappa shape index (κ1) is 24.9. The monoisotopic (exact) mass is 512 g/mol. The summed E-state index contributed by atoms with van der Waals surface area (Å²) >= 11 is 0. The van der Waals surface area contributed by atoms with Crippen molar-refractivity contribution in [3.05, 3.63) is 76.0 Å². The minimum Gasteiger partial charge on any atom is -0.396 e. The van der Waals surface area contributed by atoms with Crippen LogP contribution in [0.25, 0.3) is 11.3 Å². The van der Waals surface area contributed by atoms with Crippen LogP contribution in [0, 0.1) is 10.8 Å². The van der Waals surface area contributed by atoms with E-state index < -0.39 is 0 Å². The number of aromatic amines is 1. The fourth-order valence-electron chi connectivity index (χ4n) is 6.36. The lowest BCUT2D eigenvalue weighted by Gasteiger charge is -2.25. The normalized spacial score (nSPS) is 23.8. The zero-order chi connectivity index (χ0) is 26.8. The molecule has 1 aromatic heterocycles. The summed E-state index contributed by atoms with van der Waals surface area (Å²) in [7, 11) is 0. The third-order valence-corrected chi connectivity index (χ3v) is 9.11. The number of H-pyrrole nitrogens is 1. The van der Waals surface area contributed by atoms with Gasteiger partial charge in [-0.1, -0.05) is 39.0 Å². The van der Waals surface area contributed by atoms with Gasteiger partial charge in [0, 0.05) is 45.9 Å². The molecule has 3 atom stereocenters. The van der Waals surface area contributed by atoms with Gasteiger partial charge in [0.05, 0.1) is 18.3 Å². The van der Waals surface area contributed by atoms with Crippen molar-refractivity contribution in [1.29, 1.82) is 0 Å². The van der Waals surface area contributed by atoms with Gasteiger partial charge in [-0.05, 0) is 73.4 Å². The van der Waals surface area contributed by atoms with Gasteiger partial charge in [0.25, 0.3) is 11.8 Å². The molecule has 1 aliphatic heterocycles. The van der Waals surface area contributed by atoms with Crippen molar-refractivity contribution < 1.29 is 14.7 Å². The molecular weight excluding hydrogens is 476 g/mol. The van der Waals surface area contributed by atoms with Crippen LogP contribution in [0.4, 0.5) is 0 Å². The highest BCUT2D eigenvalue weighted by atomic mass is 16.3. The number of amides is 2. The van der Waals surface area contributed by atoms with Crippen molar-refractivity contribution in [2.45, 2.75) is 72.0 Å². The molecule has 2 aromatic carbocycles. The average Bonchev–Trinajstić information content (AvgIpc) is 3.10. The quantitative estimate of drug-likeness (QED) is 0.423. The topological polar surface area (TPSA) is 98.3 Å². The second kappa shape index (κ2) is 8.80. The maximum absolute atomic E-state index is 13.3. The summed E-state index contributed by atoms with van der Waals surface area (Å²) in [5.74, 6) is -0.0914. The Balaban J connectivity index is 1.15. The molecule has 0 radical (unpaired) electrons. The third-order valence-electron chi connectivity index (χ3n) is 9.11. The smallest absolute Gasteiger partial charge is 0.255 e. The molecule has 1 fully saturated rings. The summed E-state index contributed by atoms with van der Waals surface area (Å²) < 4.78 is 0. The van der Waals surface area contributed by atoms with Gasteiger partial charge in [-0.2, -0.15) is 5.10 Å². The van der Waals surface area contributed by atoms with Gasteiger partial charge in [0.2, 0.25) is 0 Å². The minimum atomic E-state index is -0.164. The van der Waals surface area contributed by atoms with Gasteiger partial charge in [-0.3, -0.25) is 14.7 Å². The average molecular weight is 513 g/mol. The Hall–Kier alpha value is -3.45. The van der Waals surface area contributed by atoms with Crippen LogP contribution < -0.4 is 5.32 Å². The molecule has 198 valence electrons. The number of fused-ring (bicyclic) bond motifs is 2. The van der Waals surface area contributed by atoms with Crippen molar-refractivity contribution in [1.82, 2.24) is 20.4 Å². The van der Waals surface area contributed by atoms with Crippen LogP contribution >= 0.6 is 0 Å². The van der Waals surface area contributed by atoms with Gasteiger partial charge in [0.1, 0.15) is 0 Å². The Morgan fingerprint density at radius 3 is 2.66 bits per heavy atom. The molecule has 38 heavy (non-hydrogen) atoms. The van der Waals surface area contributed by atoms with Crippen LogP contribution in [0.5, 0.6) is 0 Å². The van der Waals surface area contributed by atoms with E-state index in [1.165, 1.54) is 11.3 Å². The number of nitrogens with one attached hydrogen (secondary N) is 2. The van der Waals surface area contributed by atoms with Gasteiger partial charge < -0.3 is 15.3 Å². The second-order valence-electron chi connectivity index (χ2n) is 12.3. The Bertz CT molecular complexity index is 1420. The predicted molar refractivity (Wildman–Crippen MR) is 146 cm³/mol. The molecule has 3 aromatic rings. The Morgan fingerprint density at radius 2 is 1.97 bits per heavy atom. The number of benzene rings is 2. The van der Waals surface area contributed by atoms with E-state index in [9.17, 15) is 14.7 Å². The Morgan fingerprint density at radius 1 is 1.21 bits per heavy atom. The first-order valence-corrected chi connectivity index (χ1v) is 13.7. The summed E-state index contributed by atoms with van der Waals surface area (Å²) in [4.78, 5) is 27.9. The van der Waals surface area contributed by atoms with Gasteiger partial charge in [-0.25, -0.2) is 0 Å². The van der Waals surface area contributed by atoms with Crippen molar-refractivity contribution in [3.8, 4) is 11.3 Å². The summed E-state index contributed by atoms with van der Waals surface area (Å²) in [6, 6.07) is 13.5. The predicted octanol–water partition coefficient (Wildman–Crippen LogP) is 4.81. The van der Waals surface area contributed by atoms with Crippen molar-refractivity contribution in [2.75, 3.05) is 6.61 Å². The van der Waals surface area contributed by atoms with Crippen molar-refractivity contribution >= 4 is 11.8 Å². The summed E-state index contributed by atoms with van der Waals surface area (Å²) in [6.07, 6.45) is 3.68. The number of aliphatic hydroxyl groups excluding tert-OH is 1. The van der Waals surface area contributed by atoms with Crippen LogP contribution in [0.15, 0.2) is 42.5 Å². The van der Waals surface area contributed by atoms with E-state index in [0.29, 0.717) is 12.1 Å². The third kappa shape index (κ3) is 4.04. The number of nitrogens with zero attached hydrogens (tertiary/aromatic N) is 2. The number of aliphatic hydroxyl groups is 1. The first-order chi connectivity index (χ1) is 18.1. The SMILES string of the molecule is CCC1(CO)CC1NC(=O)c1ccc([C@@H](C)N2Cc3cc(-c4n[nH]c5c4CC(C)(C)C5)ccc3C2=O)cc1. The Labute approximate surface area is 223 Å². The number of carbonyl (C=O) groups is 2. The van der Waals surface area contributed by atoms with E-state index in [2.05, 4.69) is 35.4 Å². The molecule has 0 spiro atoms. The molecule has 7 heteroatoms. The van der Waals surface area contributed by atoms with E-state index in [4.69, 9.17) is 0 Å². The number of aromatic nitrogens is 2. The van der Waals surface area contributed by atoms with Crippen molar-refractivity contribution in [3.63, 3.8) is 0 Å². The zero-order valence-corrected chi connectivity index (χ0v) is 22.6. The molecule has 1 saturated carbocycles. The van der Waals surface area contributed by atoms with Crippen LogP contribution in [0.2, 0.25) is 0 Å². The van der Waals surface area contributed by atoms with Gasteiger partial charge in [0.15, 0.2) is 0 Å². The van der Waals surface area contributed by atoms with Crippen LogP contribution in [-0.4, -0.2) is 44.7 Å². The molecular formula is C31H36N4O3. The highest BCUT2D eigenvalue weighted by molar-refractivity contribution is 5.99. The molecule has 3 N–H and O–H groups in total. The van der Waals surface area contributed by atoms with Crippen molar-refractivity contribution in [2.24, 2.45) is 10.8 Å². The molecule has 2 heterocycles. The summed E-state index contributed by atoms with van der Waals surface area (Å²) in [6.45, 7) is 9.29. The molecule has 0 bridgehead atoms. The zero-order valence-electron chi connectivity index (χ0n) is 22.6. The van der Waals surface area contributed by atoms with E-state index in [1.54, 1.807) is 0 Å².